The molecule has 3 nitrogen and oxygen atoms in total. The highest BCUT2D eigenvalue weighted by Crippen LogP contribution is 2.18. The second-order valence-electron chi connectivity index (χ2n) is 3.91. The van der Waals surface area contributed by atoms with Crippen molar-refractivity contribution in [1.82, 2.24) is 10.3 Å². The predicted molar refractivity (Wildman–Crippen MR) is 61.8 cm³/mol. The Labute approximate surface area is 93.9 Å². The number of aliphatic hydroxyl groups is 1. The molecule has 0 unspecified atom stereocenters. The molecule has 0 aliphatic heterocycles. The normalized spacial score (nSPS) is 24.9. The van der Waals surface area contributed by atoms with Crippen LogP contribution in [0.2, 0.25) is 0 Å². The summed E-state index contributed by atoms with van der Waals surface area (Å²) in [6, 6.07) is 0.406. The summed E-state index contributed by atoms with van der Waals surface area (Å²) in [6.07, 6.45) is 5.25. The third kappa shape index (κ3) is 2.65. The van der Waals surface area contributed by atoms with E-state index < -0.39 is 0 Å². The summed E-state index contributed by atoms with van der Waals surface area (Å²) in [4.78, 5) is 5.52. The average Bonchev–Trinajstić information content (AvgIpc) is 2.84. The molecule has 1 heterocycles. The minimum Gasteiger partial charge on any atom is -0.396 e. The van der Waals surface area contributed by atoms with Gasteiger partial charge in [0, 0.05) is 30.0 Å². The Morgan fingerprint density at radius 1 is 1.60 bits per heavy atom. The first-order valence-electron chi connectivity index (χ1n) is 5.21. The summed E-state index contributed by atoms with van der Waals surface area (Å²) in [5, 5.41) is 12.5. The van der Waals surface area contributed by atoms with E-state index in [1.165, 1.54) is 4.88 Å². The van der Waals surface area contributed by atoms with Crippen LogP contribution in [0.25, 0.3) is 0 Å². The van der Waals surface area contributed by atoms with E-state index in [4.69, 9.17) is 5.11 Å². The second kappa shape index (κ2) is 4.88. The largest absolute Gasteiger partial charge is 0.396 e. The fraction of sp³-hybridized carbons (Fsp3) is 0.545. The van der Waals surface area contributed by atoms with Crippen molar-refractivity contribution in [3.05, 3.63) is 28.2 Å². The minimum atomic E-state index is 0.258. The van der Waals surface area contributed by atoms with E-state index in [0.29, 0.717) is 12.0 Å². The van der Waals surface area contributed by atoms with Gasteiger partial charge < -0.3 is 10.4 Å². The number of aromatic nitrogens is 1. The van der Waals surface area contributed by atoms with Gasteiger partial charge in [0.25, 0.3) is 0 Å². The Hall–Kier alpha value is -0.710. The Morgan fingerprint density at radius 2 is 2.47 bits per heavy atom. The molecule has 0 bridgehead atoms. The maximum absolute atomic E-state index is 8.99. The van der Waals surface area contributed by atoms with Crippen LogP contribution in [0.3, 0.4) is 0 Å². The quantitative estimate of drug-likeness (QED) is 0.761. The van der Waals surface area contributed by atoms with Crippen molar-refractivity contribution < 1.29 is 5.11 Å². The molecule has 0 radical (unpaired) electrons. The first-order chi connectivity index (χ1) is 7.29. The molecule has 15 heavy (non-hydrogen) atoms. The third-order valence-electron chi connectivity index (χ3n) is 2.78. The van der Waals surface area contributed by atoms with Gasteiger partial charge in [0.05, 0.1) is 11.2 Å². The topological polar surface area (TPSA) is 45.2 Å². The van der Waals surface area contributed by atoms with Gasteiger partial charge in [0.2, 0.25) is 0 Å². The number of rotatable bonds is 4. The maximum atomic E-state index is 8.99. The van der Waals surface area contributed by atoms with Gasteiger partial charge in [-0.1, -0.05) is 12.2 Å². The summed E-state index contributed by atoms with van der Waals surface area (Å²) in [5.74, 6) is 0.338. The van der Waals surface area contributed by atoms with Crippen LogP contribution in [0, 0.1) is 12.8 Å². The lowest BCUT2D eigenvalue weighted by atomic mass is 10.1. The molecule has 1 aromatic rings. The van der Waals surface area contributed by atoms with Crippen LogP contribution >= 0.6 is 11.3 Å². The molecule has 0 amide bonds. The lowest BCUT2D eigenvalue weighted by molar-refractivity contribution is 0.246. The molecule has 82 valence electrons. The summed E-state index contributed by atoms with van der Waals surface area (Å²) >= 11 is 1.69. The van der Waals surface area contributed by atoms with Crippen molar-refractivity contribution in [3.63, 3.8) is 0 Å². The van der Waals surface area contributed by atoms with Gasteiger partial charge in [0.15, 0.2) is 0 Å². The Bertz CT molecular complexity index is 348. The molecule has 1 aliphatic carbocycles. The number of aryl methyl sites for hydroxylation is 1. The van der Waals surface area contributed by atoms with E-state index in [9.17, 15) is 0 Å². The molecular weight excluding hydrogens is 208 g/mol. The van der Waals surface area contributed by atoms with Crippen molar-refractivity contribution in [2.24, 2.45) is 5.92 Å². The van der Waals surface area contributed by atoms with E-state index in [-0.39, 0.29) is 6.61 Å². The monoisotopic (exact) mass is 224 g/mol. The summed E-state index contributed by atoms with van der Waals surface area (Å²) < 4.78 is 0. The van der Waals surface area contributed by atoms with Crippen molar-refractivity contribution in [3.8, 4) is 0 Å². The maximum Gasteiger partial charge on any atom is 0.0798 e. The number of nitrogens with zero attached hydrogens (tertiary/aromatic N) is 1. The summed E-state index contributed by atoms with van der Waals surface area (Å²) in [6.45, 7) is 3.17. The van der Waals surface area contributed by atoms with Crippen LogP contribution in [-0.4, -0.2) is 22.7 Å². The minimum absolute atomic E-state index is 0.258. The first-order valence-corrected chi connectivity index (χ1v) is 6.09. The van der Waals surface area contributed by atoms with E-state index >= 15 is 0 Å². The molecule has 1 aromatic heterocycles. The Balaban J connectivity index is 1.80. The van der Waals surface area contributed by atoms with Crippen molar-refractivity contribution in [2.45, 2.75) is 25.9 Å². The van der Waals surface area contributed by atoms with Crippen molar-refractivity contribution in [1.29, 1.82) is 0 Å². The van der Waals surface area contributed by atoms with Crippen LogP contribution in [0.1, 0.15) is 17.0 Å². The Kier molecular flexibility index (Phi) is 3.51. The Morgan fingerprint density at radius 3 is 3.07 bits per heavy atom. The molecule has 0 aromatic carbocycles. The van der Waals surface area contributed by atoms with Crippen LogP contribution in [0.5, 0.6) is 0 Å². The van der Waals surface area contributed by atoms with Gasteiger partial charge in [-0.05, 0) is 13.3 Å². The number of thiazole rings is 1. The zero-order valence-corrected chi connectivity index (χ0v) is 9.63. The number of hydrogen-bond acceptors (Lipinski definition) is 4. The molecular formula is C11H16N2OS. The number of aliphatic hydroxyl groups excluding tert-OH is 1. The van der Waals surface area contributed by atoms with Gasteiger partial charge in [-0.15, -0.1) is 11.3 Å². The highest BCUT2D eigenvalue weighted by molar-refractivity contribution is 7.09. The standard InChI is InChI=1S/C11H16N2OS/c1-8-11(15-7-13-8)5-12-10-3-2-9(4-10)6-14/h2-3,7,9-10,12,14H,4-6H2,1H3/t9-,10+/m0/s1. The van der Waals surface area contributed by atoms with Gasteiger partial charge in [0.1, 0.15) is 0 Å². The number of hydrogen-bond donors (Lipinski definition) is 2. The van der Waals surface area contributed by atoms with Gasteiger partial charge in [-0.3, -0.25) is 0 Å². The molecule has 0 fully saturated rings. The number of nitrogens with one attached hydrogen (secondary N) is 1. The molecule has 0 saturated carbocycles. The second-order valence-corrected chi connectivity index (χ2v) is 4.85. The first kappa shape index (κ1) is 10.8. The van der Waals surface area contributed by atoms with E-state index in [0.717, 1.165) is 18.7 Å². The van der Waals surface area contributed by atoms with Gasteiger partial charge in [-0.2, -0.15) is 0 Å². The fourth-order valence-electron chi connectivity index (χ4n) is 1.78. The van der Waals surface area contributed by atoms with Crippen LogP contribution in [0.15, 0.2) is 17.7 Å². The zero-order chi connectivity index (χ0) is 10.7. The smallest absolute Gasteiger partial charge is 0.0798 e. The SMILES string of the molecule is Cc1ncsc1CN[C@@H]1C=C[C@H](CO)C1. The molecule has 2 N–H and O–H groups in total. The molecule has 1 aliphatic rings. The highest BCUT2D eigenvalue weighted by atomic mass is 32.1. The lowest BCUT2D eigenvalue weighted by Crippen LogP contribution is -2.25. The van der Waals surface area contributed by atoms with Crippen molar-refractivity contribution in [2.75, 3.05) is 6.61 Å². The van der Waals surface area contributed by atoms with Crippen LogP contribution in [-0.2, 0) is 6.54 Å². The van der Waals surface area contributed by atoms with Crippen molar-refractivity contribution >= 4 is 11.3 Å². The predicted octanol–water partition coefficient (Wildman–Crippen LogP) is 1.48. The molecule has 0 spiro atoms. The van der Waals surface area contributed by atoms with Crippen LogP contribution in [0.4, 0.5) is 0 Å². The van der Waals surface area contributed by atoms with Crippen LogP contribution < -0.4 is 5.32 Å². The zero-order valence-electron chi connectivity index (χ0n) is 8.81. The summed E-state index contributed by atoms with van der Waals surface area (Å²) in [5.41, 5.74) is 3.00. The summed E-state index contributed by atoms with van der Waals surface area (Å²) in [7, 11) is 0. The average molecular weight is 224 g/mol. The van der Waals surface area contributed by atoms with Gasteiger partial charge in [-0.25, -0.2) is 4.98 Å². The molecule has 2 rings (SSSR count). The molecule has 0 saturated heterocycles. The third-order valence-corrected chi connectivity index (χ3v) is 3.71. The lowest BCUT2D eigenvalue weighted by Gasteiger charge is -2.11. The van der Waals surface area contributed by atoms with Gasteiger partial charge >= 0.3 is 0 Å². The molecule has 4 heteroatoms. The van der Waals surface area contributed by atoms with E-state index in [2.05, 4.69) is 22.5 Å². The molecule has 2 atom stereocenters. The highest BCUT2D eigenvalue weighted by Gasteiger charge is 2.17. The van der Waals surface area contributed by atoms with E-state index in [1.54, 1.807) is 11.3 Å². The fourth-order valence-corrected chi connectivity index (χ4v) is 2.51. The van der Waals surface area contributed by atoms with E-state index in [1.807, 2.05) is 12.4 Å².